The van der Waals surface area contributed by atoms with E-state index in [-0.39, 0.29) is 18.9 Å². The molecule has 4 rings (SSSR count). The summed E-state index contributed by atoms with van der Waals surface area (Å²) in [4.78, 5) is 13.2. The van der Waals surface area contributed by atoms with E-state index in [1.165, 1.54) is 16.0 Å². The van der Waals surface area contributed by atoms with E-state index in [0.29, 0.717) is 5.69 Å². The zero-order valence-electron chi connectivity index (χ0n) is 15.2. The summed E-state index contributed by atoms with van der Waals surface area (Å²) in [5.41, 5.74) is 0.615. The van der Waals surface area contributed by atoms with E-state index in [1.54, 1.807) is 6.92 Å². The van der Waals surface area contributed by atoms with Crippen molar-refractivity contribution >= 4 is 17.3 Å². The minimum Gasteiger partial charge on any atom is -0.461 e. The number of esters is 1. The Labute approximate surface area is 159 Å². The van der Waals surface area contributed by atoms with E-state index < -0.39 is 36.3 Å². The van der Waals surface area contributed by atoms with E-state index in [2.05, 4.69) is 10.3 Å². The minimum atomic E-state index is -0.807. The van der Waals surface area contributed by atoms with Crippen LogP contribution in [0.1, 0.15) is 37.5 Å². The Hall–Kier alpha value is -1.85. The lowest BCUT2D eigenvalue weighted by molar-refractivity contribution is -0.201. The van der Waals surface area contributed by atoms with Crippen molar-refractivity contribution in [1.82, 2.24) is 15.0 Å². The van der Waals surface area contributed by atoms with E-state index in [0.717, 1.165) is 4.88 Å². The molecule has 2 aliphatic rings. The second kappa shape index (κ2) is 6.95. The van der Waals surface area contributed by atoms with Gasteiger partial charge >= 0.3 is 5.97 Å². The van der Waals surface area contributed by atoms with Gasteiger partial charge in [0.2, 0.25) is 0 Å². The Morgan fingerprint density at radius 2 is 2.19 bits per heavy atom. The van der Waals surface area contributed by atoms with Crippen molar-refractivity contribution in [3.8, 4) is 10.6 Å². The average Bonchev–Trinajstić information content (AvgIpc) is 3.36. The van der Waals surface area contributed by atoms with E-state index in [9.17, 15) is 9.90 Å². The molecule has 2 saturated heterocycles. The minimum absolute atomic E-state index is 0.116. The van der Waals surface area contributed by atoms with Crippen LogP contribution in [0.4, 0.5) is 0 Å². The van der Waals surface area contributed by atoms with Gasteiger partial charge in [-0.2, -0.15) is 0 Å². The number of hydrogen-bond acceptors (Lipinski definition) is 9. The lowest BCUT2D eigenvalue weighted by atomic mass is 10.1. The molecule has 4 unspecified atom stereocenters. The maximum absolute atomic E-state index is 12.4. The van der Waals surface area contributed by atoms with Gasteiger partial charge in [0, 0.05) is 0 Å². The molecular formula is C17H21N3O6S. The summed E-state index contributed by atoms with van der Waals surface area (Å²) in [6.07, 6.45) is -2.19. The quantitative estimate of drug-likeness (QED) is 0.761. The fourth-order valence-corrected chi connectivity index (χ4v) is 4.22. The maximum Gasteiger partial charge on any atom is 0.361 e. The van der Waals surface area contributed by atoms with Crippen LogP contribution in [-0.2, 0) is 18.9 Å². The summed E-state index contributed by atoms with van der Waals surface area (Å²) in [6.45, 7) is 5.36. The molecule has 0 amide bonds. The molecule has 9 nitrogen and oxygen atoms in total. The van der Waals surface area contributed by atoms with Gasteiger partial charge in [0.05, 0.1) is 18.1 Å². The first-order valence-electron chi connectivity index (χ1n) is 8.73. The molecule has 0 saturated carbocycles. The van der Waals surface area contributed by atoms with Crippen LogP contribution in [0.2, 0.25) is 0 Å². The molecule has 2 aromatic heterocycles. The van der Waals surface area contributed by atoms with E-state index >= 15 is 0 Å². The van der Waals surface area contributed by atoms with Gasteiger partial charge in [-0.3, -0.25) is 0 Å². The van der Waals surface area contributed by atoms with Crippen LogP contribution < -0.4 is 0 Å². The fourth-order valence-electron chi connectivity index (χ4n) is 3.45. The smallest absolute Gasteiger partial charge is 0.361 e. The van der Waals surface area contributed by atoms with Crippen LogP contribution in [0.15, 0.2) is 17.5 Å². The summed E-state index contributed by atoms with van der Waals surface area (Å²) in [5, 5.41) is 19.8. The molecule has 0 aliphatic carbocycles. The zero-order chi connectivity index (χ0) is 19.2. The number of aliphatic hydroxyl groups excluding tert-OH is 1. The van der Waals surface area contributed by atoms with Gasteiger partial charge in [-0.25, -0.2) is 9.48 Å². The molecule has 27 heavy (non-hydrogen) atoms. The van der Waals surface area contributed by atoms with Crippen molar-refractivity contribution in [2.45, 2.75) is 51.1 Å². The second-order valence-electron chi connectivity index (χ2n) is 6.74. The van der Waals surface area contributed by atoms with Crippen molar-refractivity contribution in [3.63, 3.8) is 0 Å². The highest BCUT2D eigenvalue weighted by Crippen LogP contribution is 2.44. The predicted octanol–water partition coefficient (Wildman–Crippen LogP) is 1.59. The number of fused-ring (bicyclic) bond motifs is 1. The molecule has 10 heteroatoms. The Kier molecular flexibility index (Phi) is 4.77. The predicted molar refractivity (Wildman–Crippen MR) is 94.1 cm³/mol. The Balaban J connectivity index is 1.77. The topological polar surface area (TPSA) is 105 Å². The van der Waals surface area contributed by atoms with Crippen molar-refractivity contribution in [2.75, 3.05) is 13.2 Å². The number of rotatable bonds is 5. The molecular weight excluding hydrogens is 374 g/mol. The van der Waals surface area contributed by atoms with Crippen LogP contribution in [0.5, 0.6) is 0 Å². The van der Waals surface area contributed by atoms with Gasteiger partial charge in [-0.1, -0.05) is 11.3 Å². The molecule has 2 fully saturated rings. The Morgan fingerprint density at radius 1 is 1.41 bits per heavy atom. The molecule has 0 bridgehead atoms. The Bertz CT molecular complexity index is 821. The van der Waals surface area contributed by atoms with Crippen LogP contribution in [-0.4, -0.2) is 63.4 Å². The van der Waals surface area contributed by atoms with Crippen LogP contribution in [0, 0.1) is 0 Å². The van der Waals surface area contributed by atoms with E-state index in [1.807, 2.05) is 31.4 Å². The Morgan fingerprint density at radius 3 is 2.85 bits per heavy atom. The third kappa shape index (κ3) is 3.17. The molecule has 4 atom stereocenters. The normalized spacial score (nSPS) is 29.0. The summed E-state index contributed by atoms with van der Waals surface area (Å²) in [5.74, 6) is -1.36. The molecule has 146 valence electrons. The van der Waals surface area contributed by atoms with Gasteiger partial charge in [0.1, 0.15) is 24.0 Å². The highest BCUT2D eigenvalue weighted by Gasteiger charge is 2.56. The molecule has 1 N–H and O–H groups in total. The van der Waals surface area contributed by atoms with Gasteiger partial charge < -0.3 is 24.1 Å². The van der Waals surface area contributed by atoms with Crippen molar-refractivity contribution in [2.24, 2.45) is 0 Å². The standard InChI is InChI=1S/C17H21N3O6S/c1-4-23-16(22)11-12(10-6-5-7-27-10)20(19-18-11)15-14-13(9(8-21)24-15)25-17(2,3)26-14/h5-7,9,13-15,21H,4,8H2,1-3H3. The molecule has 2 aliphatic heterocycles. The van der Waals surface area contributed by atoms with Crippen LogP contribution in [0.25, 0.3) is 10.6 Å². The third-order valence-electron chi connectivity index (χ3n) is 4.46. The maximum atomic E-state index is 12.4. The van der Waals surface area contributed by atoms with Crippen molar-refractivity contribution in [1.29, 1.82) is 0 Å². The molecule has 0 spiro atoms. The molecule has 2 aromatic rings. The number of hydrogen-bond donors (Lipinski definition) is 1. The summed E-state index contributed by atoms with van der Waals surface area (Å²) >= 11 is 1.45. The average molecular weight is 395 g/mol. The van der Waals surface area contributed by atoms with Crippen LogP contribution in [0.3, 0.4) is 0 Å². The number of nitrogens with zero attached hydrogens (tertiary/aromatic N) is 3. The van der Waals surface area contributed by atoms with Gasteiger partial charge in [-0.15, -0.1) is 16.4 Å². The number of thiophene rings is 1. The van der Waals surface area contributed by atoms with Crippen molar-refractivity contribution < 1.29 is 28.8 Å². The third-order valence-corrected chi connectivity index (χ3v) is 5.34. The highest BCUT2D eigenvalue weighted by molar-refractivity contribution is 7.13. The summed E-state index contributed by atoms with van der Waals surface area (Å²) in [7, 11) is 0. The molecule has 4 heterocycles. The first-order valence-corrected chi connectivity index (χ1v) is 9.61. The lowest BCUT2D eigenvalue weighted by Crippen LogP contribution is -2.31. The second-order valence-corrected chi connectivity index (χ2v) is 7.69. The number of aromatic nitrogens is 3. The highest BCUT2D eigenvalue weighted by atomic mass is 32.1. The van der Waals surface area contributed by atoms with Crippen LogP contribution >= 0.6 is 11.3 Å². The zero-order valence-corrected chi connectivity index (χ0v) is 16.0. The fraction of sp³-hybridized carbons (Fsp3) is 0.588. The van der Waals surface area contributed by atoms with Crippen molar-refractivity contribution in [3.05, 3.63) is 23.2 Å². The van der Waals surface area contributed by atoms with Gasteiger partial charge in [0.25, 0.3) is 0 Å². The first kappa shape index (κ1) is 18.5. The van der Waals surface area contributed by atoms with E-state index in [4.69, 9.17) is 18.9 Å². The largest absolute Gasteiger partial charge is 0.461 e. The number of carbonyl (C=O) groups excluding carboxylic acids is 1. The number of aliphatic hydroxyl groups is 1. The monoisotopic (exact) mass is 395 g/mol. The molecule has 0 radical (unpaired) electrons. The summed E-state index contributed by atoms with van der Waals surface area (Å²) < 4.78 is 24.5. The summed E-state index contributed by atoms with van der Waals surface area (Å²) in [6, 6.07) is 3.74. The number of carbonyl (C=O) groups is 1. The van der Waals surface area contributed by atoms with Gasteiger partial charge in [0.15, 0.2) is 17.7 Å². The first-order chi connectivity index (χ1) is 12.9. The lowest BCUT2D eigenvalue weighted by Gasteiger charge is -2.24. The number of ether oxygens (including phenoxy) is 4. The SMILES string of the molecule is CCOC(=O)c1nnn(C2OC(CO)C3OC(C)(C)OC32)c1-c1cccs1. The van der Waals surface area contributed by atoms with Gasteiger partial charge in [-0.05, 0) is 32.2 Å². The molecule has 0 aromatic carbocycles.